The van der Waals surface area contributed by atoms with Crippen molar-refractivity contribution in [3.63, 3.8) is 0 Å². The summed E-state index contributed by atoms with van der Waals surface area (Å²) in [5, 5.41) is 0. The van der Waals surface area contributed by atoms with E-state index in [1.165, 1.54) is 11.1 Å². The van der Waals surface area contributed by atoms with Crippen molar-refractivity contribution in [3.8, 4) is 11.5 Å². The molecule has 1 aliphatic heterocycles. The Kier molecular flexibility index (Phi) is 4.68. The molecule has 0 bridgehead atoms. The van der Waals surface area contributed by atoms with Gasteiger partial charge in [-0.15, -0.1) is 0 Å². The van der Waals surface area contributed by atoms with Gasteiger partial charge in [0.2, 0.25) is 0 Å². The minimum atomic E-state index is 0.224. The first-order valence-electron chi connectivity index (χ1n) is 7.99. The third-order valence-corrected chi connectivity index (χ3v) is 4.21. The van der Waals surface area contributed by atoms with Gasteiger partial charge < -0.3 is 9.47 Å². The molecule has 0 radical (unpaired) electrons. The molecule has 2 aromatic carbocycles. The fraction of sp³-hybridized carbons (Fsp3) is 0.300. The molecule has 2 aromatic rings. The molecule has 1 aliphatic rings. The largest absolute Gasteiger partial charge is 0.497 e. The highest BCUT2D eigenvalue weighted by Crippen LogP contribution is 2.36. The molecule has 120 valence electrons. The second-order valence-electron chi connectivity index (χ2n) is 6.00. The van der Waals surface area contributed by atoms with Gasteiger partial charge in [0, 0.05) is 11.6 Å². The number of hydrogen-bond acceptors (Lipinski definition) is 3. The Balaban J connectivity index is 1.89. The highest BCUT2D eigenvalue weighted by atomic mass is 16.5. The van der Waals surface area contributed by atoms with E-state index in [1.54, 1.807) is 7.11 Å². The zero-order chi connectivity index (χ0) is 16.2. The van der Waals surface area contributed by atoms with Crippen molar-refractivity contribution in [1.82, 2.24) is 4.90 Å². The average molecular weight is 309 g/mol. The maximum Gasteiger partial charge on any atom is 0.143 e. The molecular weight excluding hydrogens is 286 g/mol. The monoisotopic (exact) mass is 309 g/mol. The minimum Gasteiger partial charge on any atom is -0.497 e. The standard InChI is InChI=1S/C20H23NO2/c1-15(2)21-14-23-20-7-5-4-6-18(20)19(21)13-10-16-8-11-17(22-3)12-9-16/h4-13,15,19H,14H2,1-3H3/b13-10+. The van der Waals surface area contributed by atoms with Crippen LogP contribution in [0.5, 0.6) is 11.5 Å². The van der Waals surface area contributed by atoms with Gasteiger partial charge in [0.15, 0.2) is 0 Å². The molecule has 0 amide bonds. The third-order valence-electron chi connectivity index (χ3n) is 4.21. The lowest BCUT2D eigenvalue weighted by Gasteiger charge is -2.38. The lowest BCUT2D eigenvalue weighted by molar-refractivity contribution is 0.0501. The molecule has 0 aromatic heterocycles. The van der Waals surface area contributed by atoms with E-state index in [9.17, 15) is 0 Å². The third kappa shape index (κ3) is 3.40. The first kappa shape index (κ1) is 15.6. The van der Waals surface area contributed by atoms with Crippen LogP contribution < -0.4 is 9.47 Å². The molecule has 1 unspecified atom stereocenters. The summed E-state index contributed by atoms with van der Waals surface area (Å²) < 4.78 is 11.1. The Morgan fingerprint density at radius 3 is 2.57 bits per heavy atom. The first-order chi connectivity index (χ1) is 11.2. The van der Waals surface area contributed by atoms with Crippen LogP contribution in [0.1, 0.15) is 31.0 Å². The van der Waals surface area contributed by atoms with E-state index in [-0.39, 0.29) is 6.04 Å². The summed E-state index contributed by atoms with van der Waals surface area (Å²) >= 11 is 0. The summed E-state index contributed by atoms with van der Waals surface area (Å²) in [6.45, 7) is 5.02. The van der Waals surface area contributed by atoms with Crippen molar-refractivity contribution in [1.29, 1.82) is 0 Å². The maximum absolute atomic E-state index is 5.89. The van der Waals surface area contributed by atoms with Gasteiger partial charge in [0.05, 0.1) is 13.2 Å². The van der Waals surface area contributed by atoms with E-state index in [0.29, 0.717) is 12.8 Å². The molecule has 1 heterocycles. The number of ether oxygens (including phenoxy) is 2. The predicted octanol–water partition coefficient (Wildman–Crippen LogP) is 4.51. The number of rotatable bonds is 4. The Bertz CT molecular complexity index is 676. The predicted molar refractivity (Wildman–Crippen MR) is 93.7 cm³/mol. The second kappa shape index (κ2) is 6.88. The summed E-state index contributed by atoms with van der Waals surface area (Å²) in [5.41, 5.74) is 2.38. The molecule has 0 saturated carbocycles. The van der Waals surface area contributed by atoms with Crippen molar-refractivity contribution < 1.29 is 9.47 Å². The van der Waals surface area contributed by atoms with Gasteiger partial charge in [-0.3, -0.25) is 4.90 Å². The fourth-order valence-electron chi connectivity index (χ4n) is 2.86. The van der Waals surface area contributed by atoms with E-state index in [2.05, 4.69) is 55.2 Å². The summed E-state index contributed by atoms with van der Waals surface area (Å²) in [4.78, 5) is 2.35. The van der Waals surface area contributed by atoms with Gasteiger partial charge in [-0.05, 0) is 37.6 Å². The van der Waals surface area contributed by atoms with Gasteiger partial charge >= 0.3 is 0 Å². The lowest BCUT2D eigenvalue weighted by atomic mass is 10.00. The molecule has 23 heavy (non-hydrogen) atoms. The Hall–Kier alpha value is -2.26. The molecule has 3 heteroatoms. The van der Waals surface area contributed by atoms with Crippen LogP contribution in [-0.4, -0.2) is 24.8 Å². The summed E-state index contributed by atoms with van der Waals surface area (Å²) in [6, 6.07) is 17.0. The van der Waals surface area contributed by atoms with E-state index in [1.807, 2.05) is 24.3 Å². The number of nitrogens with zero attached hydrogens (tertiary/aromatic N) is 1. The highest BCUT2D eigenvalue weighted by Gasteiger charge is 2.27. The maximum atomic E-state index is 5.89. The van der Waals surface area contributed by atoms with E-state index in [0.717, 1.165) is 11.5 Å². The molecular formula is C20H23NO2. The Labute approximate surface area is 138 Å². The summed E-state index contributed by atoms with van der Waals surface area (Å²) in [5.74, 6) is 1.86. The molecule has 0 N–H and O–H groups in total. The molecule has 1 atom stereocenters. The van der Waals surface area contributed by atoms with Crippen molar-refractivity contribution in [2.45, 2.75) is 25.9 Å². The second-order valence-corrected chi connectivity index (χ2v) is 6.00. The fourth-order valence-corrected chi connectivity index (χ4v) is 2.86. The molecule has 0 spiro atoms. The highest BCUT2D eigenvalue weighted by molar-refractivity contribution is 5.53. The summed E-state index contributed by atoms with van der Waals surface area (Å²) in [6.07, 6.45) is 4.42. The lowest BCUT2D eigenvalue weighted by Crippen LogP contribution is -2.40. The van der Waals surface area contributed by atoms with Gasteiger partial charge in [-0.2, -0.15) is 0 Å². The van der Waals surface area contributed by atoms with Gasteiger partial charge in [0.25, 0.3) is 0 Å². The Morgan fingerprint density at radius 1 is 1.13 bits per heavy atom. The Morgan fingerprint density at radius 2 is 1.87 bits per heavy atom. The molecule has 0 saturated heterocycles. The van der Waals surface area contributed by atoms with Crippen LogP contribution in [0.3, 0.4) is 0 Å². The van der Waals surface area contributed by atoms with Crippen molar-refractivity contribution in [2.24, 2.45) is 0 Å². The van der Waals surface area contributed by atoms with Gasteiger partial charge in [-0.25, -0.2) is 0 Å². The number of methoxy groups -OCH3 is 1. The van der Waals surface area contributed by atoms with Crippen molar-refractivity contribution in [2.75, 3.05) is 13.8 Å². The number of benzene rings is 2. The number of hydrogen-bond donors (Lipinski definition) is 0. The SMILES string of the molecule is COc1ccc(/C=C/C2c3ccccc3OCN2C(C)C)cc1. The minimum absolute atomic E-state index is 0.224. The summed E-state index contributed by atoms with van der Waals surface area (Å²) in [7, 11) is 1.68. The normalized spacial score (nSPS) is 18.0. The average Bonchev–Trinajstić information content (AvgIpc) is 2.59. The van der Waals surface area contributed by atoms with E-state index >= 15 is 0 Å². The first-order valence-corrected chi connectivity index (χ1v) is 7.99. The van der Waals surface area contributed by atoms with Crippen LogP contribution >= 0.6 is 0 Å². The molecule has 3 nitrogen and oxygen atoms in total. The van der Waals surface area contributed by atoms with Crippen LogP contribution in [0, 0.1) is 0 Å². The molecule has 3 rings (SSSR count). The van der Waals surface area contributed by atoms with Crippen molar-refractivity contribution in [3.05, 3.63) is 65.7 Å². The van der Waals surface area contributed by atoms with Crippen LogP contribution in [0.15, 0.2) is 54.6 Å². The smallest absolute Gasteiger partial charge is 0.143 e. The molecule has 0 fully saturated rings. The number of fused-ring (bicyclic) bond motifs is 1. The van der Waals surface area contributed by atoms with Gasteiger partial charge in [-0.1, -0.05) is 42.5 Å². The molecule has 0 aliphatic carbocycles. The van der Waals surface area contributed by atoms with Gasteiger partial charge in [0.1, 0.15) is 18.2 Å². The van der Waals surface area contributed by atoms with Crippen LogP contribution in [0.4, 0.5) is 0 Å². The van der Waals surface area contributed by atoms with Crippen LogP contribution in [-0.2, 0) is 0 Å². The van der Waals surface area contributed by atoms with E-state index in [4.69, 9.17) is 9.47 Å². The quantitative estimate of drug-likeness (QED) is 0.829. The van der Waals surface area contributed by atoms with Crippen molar-refractivity contribution >= 4 is 6.08 Å². The van der Waals surface area contributed by atoms with E-state index < -0.39 is 0 Å². The van der Waals surface area contributed by atoms with Crippen LogP contribution in [0.25, 0.3) is 6.08 Å². The topological polar surface area (TPSA) is 21.7 Å². The zero-order valence-corrected chi connectivity index (χ0v) is 13.9. The van der Waals surface area contributed by atoms with Crippen LogP contribution in [0.2, 0.25) is 0 Å². The zero-order valence-electron chi connectivity index (χ0n) is 13.9. The number of para-hydroxylation sites is 1.